The van der Waals surface area contributed by atoms with Crippen LogP contribution in [0.3, 0.4) is 0 Å². The first-order valence-electron chi connectivity index (χ1n) is 12.9. The molecule has 5 aromatic rings. The van der Waals surface area contributed by atoms with Crippen LogP contribution in [0.1, 0.15) is 50.1 Å². The fraction of sp³-hybridized carbons (Fsp3) is 0.357. The Bertz CT molecular complexity index is 1810. The molecule has 1 aromatic carbocycles. The molecule has 0 unspecified atom stereocenters. The quantitative estimate of drug-likeness (QED) is 0.331. The van der Waals surface area contributed by atoms with E-state index in [-0.39, 0.29) is 36.1 Å². The first kappa shape index (κ1) is 22.9. The number of carbonyl (C=O) groups excluding carboxylic acids is 1. The molecule has 6 heterocycles. The van der Waals surface area contributed by atoms with Crippen LogP contribution in [0.5, 0.6) is 0 Å². The van der Waals surface area contributed by atoms with Gasteiger partial charge in [-0.3, -0.25) is 18.6 Å². The second kappa shape index (κ2) is 8.14. The summed E-state index contributed by atoms with van der Waals surface area (Å²) < 4.78 is 25.8. The van der Waals surface area contributed by atoms with Gasteiger partial charge in [-0.2, -0.15) is 4.39 Å². The highest BCUT2D eigenvalue weighted by Crippen LogP contribution is 2.43. The number of aromatic nitrogens is 6. The number of halogens is 1. The van der Waals surface area contributed by atoms with E-state index in [9.17, 15) is 9.59 Å². The van der Waals surface area contributed by atoms with Gasteiger partial charge >= 0.3 is 11.7 Å². The molecule has 9 nitrogen and oxygen atoms in total. The average molecular weight is 515 g/mol. The number of nitrogens with zero attached hydrogens (tertiary/aromatic N) is 5. The van der Waals surface area contributed by atoms with Crippen LogP contribution in [0.15, 0.2) is 41.5 Å². The summed E-state index contributed by atoms with van der Waals surface area (Å²) in [5, 5.41) is 4.69. The van der Waals surface area contributed by atoms with E-state index in [1.807, 2.05) is 35.8 Å². The summed E-state index contributed by atoms with van der Waals surface area (Å²) in [6, 6.07) is 7.81. The van der Waals surface area contributed by atoms with Crippen molar-refractivity contribution in [3.63, 3.8) is 0 Å². The molecular weight excluding hydrogens is 487 g/mol. The molecule has 4 aromatic heterocycles. The molecule has 0 amide bonds. The van der Waals surface area contributed by atoms with Crippen LogP contribution in [-0.2, 0) is 23.6 Å². The second-order valence-electron chi connectivity index (χ2n) is 10.6. The van der Waals surface area contributed by atoms with Crippen molar-refractivity contribution in [1.82, 2.24) is 28.9 Å². The Hall–Kier alpha value is -4.21. The minimum Gasteiger partial charge on any atom is -0.462 e. The molecule has 194 valence electrons. The molecule has 4 bridgehead atoms. The number of H-pyrrole nitrogens is 1. The zero-order valence-corrected chi connectivity index (χ0v) is 21.4. The molecule has 10 heteroatoms. The molecule has 1 N–H and O–H groups in total. The number of aryl methyl sites for hydroxylation is 2. The first-order chi connectivity index (χ1) is 18.3. The van der Waals surface area contributed by atoms with Gasteiger partial charge in [0.1, 0.15) is 11.8 Å². The van der Waals surface area contributed by atoms with Crippen molar-refractivity contribution in [3.8, 4) is 22.4 Å². The average Bonchev–Trinajstić information content (AvgIpc) is 3.63. The van der Waals surface area contributed by atoms with Crippen molar-refractivity contribution in [2.75, 3.05) is 0 Å². The van der Waals surface area contributed by atoms with Crippen LogP contribution >= 0.6 is 0 Å². The van der Waals surface area contributed by atoms with Gasteiger partial charge in [0.2, 0.25) is 5.95 Å². The van der Waals surface area contributed by atoms with Gasteiger partial charge in [-0.05, 0) is 29.9 Å². The smallest absolute Gasteiger partial charge is 0.329 e. The van der Waals surface area contributed by atoms with E-state index in [0.29, 0.717) is 41.7 Å². The monoisotopic (exact) mass is 514 g/mol. The highest BCUT2D eigenvalue weighted by Gasteiger charge is 2.34. The van der Waals surface area contributed by atoms with Crippen LogP contribution in [0.2, 0.25) is 0 Å². The van der Waals surface area contributed by atoms with E-state index in [0.717, 1.165) is 27.6 Å². The highest BCUT2D eigenvalue weighted by molar-refractivity contribution is 6.14. The zero-order chi connectivity index (χ0) is 26.3. The fourth-order valence-electron chi connectivity index (χ4n) is 6.28. The van der Waals surface area contributed by atoms with E-state index in [1.165, 1.54) is 4.68 Å². The van der Waals surface area contributed by atoms with Crippen molar-refractivity contribution in [3.05, 3.63) is 58.7 Å². The van der Waals surface area contributed by atoms with E-state index in [4.69, 9.17) is 4.74 Å². The number of carbonyl (C=O) groups is 1. The van der Waals surface area contributed by atoms with Crippen molar-refractivity contribution in [2.45, 2.75) is 50.7 Å². The lowest BCUT2D eigenvalue weighted by molar-refractivity contribution is -0.149. The lowest BCUT2D eigenvalue weighted by Crippen LogP contribution is -2.26. The van der Waals surface area contributed by atoms with Crippen molar-refractivity contribution >= 4 is 28.0 Å². The van der Waals surface area contributed by atoms with E-state index >= 15 is 4.39 Å². The number of esters is 1. The predicted molar refractivity (Wildman–Crippen MR) is 140 cm³/mol. The minimum atomic E-state index is -0.590. The van der Waals surface area contributed by atoms with Crippen molar-refractivity contribution < 1.29 is 13.9 Å². The second-order valence-corrected chi connectivity index (χ2v) is 10.6. The number of benzene rings is 1. The van der Waals surface area contributed by atoms with Gasteiger partial charge in [0.15, 0.2) is 0 Å². The van der Waals surface area contributed by atoms with E-state index < -0.39 is 5.95 Å². The third-order valence-corrected chi connectivity index (χ3v) is 8.19. The Balaban J connectivity index is 1.61. The van der Waals surface area contributed by atoms with Crippen LogP contribution in [-0.4, -0.2) is 41.0 Å². The number of rotatable bonds is 1. The van der Waals surface area contributed by atoms with Crippen molar-refractivity contribution in [2.24, 2.45) is 14.1 Å². The third-order valence-electron chi connectivity index (χ3n) is 8.19. The lowest BCUT2D eigenvalue weighted by Gasteiger charge is -2.16. The molecule has 1 saturated carbocycles. The Morgan fingerprint density at radius 1 is 1.13 bits per heavy atom. The van der Waals surface area contributed by atoms with Crippen LogP contribution in [0, 0.1) is 5.95 Å². The predicted octanol–water partition coefficient (Wildman–Crippen LogP) is 4.57. The SMILES string of the molecule is C[C@@H]1CC(=O)O[C@H]2CC[C@@H](C2)n2c(=O)n(C)c3cnc4[nH]c(-c5cn(C)nc5F)c(c4c32)-c2ccc1cc2. The van der Waals surface area contributed by atoms with E-state index in [2.05, 4.69) is 15.1 Å². The van der Waals surface area contributed by atoms with Crippen LogP contribution in [0.25, 0.3) is 44.5 Å². The summed E-state index contributed by atoms with van der Waals surface area (Å²) in [6.07, 6.45) is 5.34. The largest absolute Gasteiger partial charge is 0.462 e. The zero-order valence-electron chi connectivity index (χ0n) is 21.4. The number of fused-ring (bicyclic) bond motifs is 5. The normalized spacial score (nSPS) is 21.4. The number of hydrogen-bond donors (Lipinski definition) is 1. The molecule has 38 heavy (non-hydrogen) atoms. The molecule has 3 atom stereocenters. The number of imidazole rings is 1. The summed E-state index contributed by atoms with van der Waals surface area (Å²) in [5.41, 5.74) is 5.36. The maximum Gasteiger partial charge on any atom is 0.329 e. The fourth-order valence-corrected chi connectivity index (χ4v) is 6.28. The number of nitrogens with one attached hydrogen (secondary N) is 1. The first-order valence-corrected chi connectivity index (χ1v) is 12.9. The molecule has 0 saturated heterocycles. The van der Waals surface area contributed by atoms with E-state index in [1.54, 1.807) is 31.1 Å². The number of aromatic amines is 1. The van der Waals surface area contributed by atoms with Gasteiger partial charge in [-0.25, -0.2) is 9.78 Å². The molecule has 1 fully saturated rings. The Morgan fingerprint density at radius 2 is 1.92 bits per heavy atom. The number of pyridine rings is 1. The molecule has 2 aliphatic heterocycles. The Morgan fingerprint density at radius 3 is 2.66 bits per heavy atom. The Kier molecular flexibility index (Phi) is 4.92. The summed E-state index contributed by atoms with van der Waals surface area (Å²) in [4.78, 5) is 34.4. The molecule has 1 aliphatic carbocycles. The maximum absolute atomic E-state index is 15.1. The van der Waals surface area contributed by atoms with Gasteiger partial charge in [0.05, 0.1) is 40.3 Å². The van der Waals surface area contributed by atoms with Gasteiger partial charge < -0.3 is 9.72 Å². The molecule has 3 aliphatic rings. The van der Waals surface area contributed by atoms with Crippen molar-refractivity contribution in [1.29, 1.82) is 0 Å². The summed E-state index contributed by atoms with van der Waals surface area (Å²) in [6.45, 7) is 2.01. The highest BCUT2D eigenvalue weighted by atomic mass is 19.1. The summed E-state index contributed by atoms with van der Waals surface area (Å²) >= 11 is 0. The molecule has 0 spiro atoms. The van der Waals surface area contributed by atoms with Gasteiger partial charge in [-0.1, -0.05) is 31.2 Å². The number of ether oxygens (including phenoxy) is 1. The van der Waals surface area contributed by atoms with Crippen LogP contribution in [0.4, 0.5) is 4.39 Å². The molecule has 8 rings (SSSR count). The minimum absolute atomic E-state index is 0.0217. The summed E-state index contributed by atoms with van der Waals surface area (Å²) in [5.74, 6) is -0.835. The molecular formula is C28H27FN6O3. The maximum atomic E-state index is 15.1. The van der Waals surface area contributed by atoms with Gasteiger partial charge in [-0.15, -0.1) is 5.10 Å². The number of hydrogen-bond acceptors (Lipinski definition) is 5. The van der Waals surface area contributed by atoms with Gasteiger partial charge in [0.25, 0.3) is 0 Å². The van der Waals surface area contributed by atoms with Gasteiger partial charge in [0, 0.05) is 38.3 Å². The Labute approximate surface area is 216 Å². The summed E-state index contributed by atoms with van der Waals surface area (Å²) in [7, 11) is 3.42. The lowest BCUT2D eigenvalue weighted by atomic mass is 9.93. The standard InChI is InChI=1S/C28H27FN6O3/c1-14-10-21(36)38-18-9-8-17(11-18)35-25-20(34(3)28(35)37)12-30-27-23(25)22(16-6-4-15(14)5-7-16)24(31-27)19-13-33(2)32-26(19)29/h4-7,12-14,17-18H,8-11H2,1-3H3,(H,30,31)/t14-,17+,18+/m1/s1. The topological polar surface area (TPSA) is 99.7 Å². The third kappa shape index (κ3) is 3.28. The molecule has 0 radical (unpaired) electrons. The van der Waals surface area contributed by atoms with Crippen LogP contribution < -0.4 is 5.69 Å².